The Bertz CT molecular complexity index is 535. The van der Waals surface area contributed by atoms with Gasteiger partial charge in [0.15, 0.2) is 11.6 Å². The van der Waals surface area contributed by atoms with Gasteiger partial charge in [-0.05, 0) is 35.7 Å². The second-order valence-corrected chi connectivity index (χ2v) is 4.52. The zero-order chi connectivity index (χ0) is 13.1. The van der Waals surface area contributed by atoms with Gasteiger partial charge < -0.3 is 10.5 Å². The van der Waals surface area contributed by atoms with Gasteiger partial charge in [0, 0.05) is 11.8 Å². The molecule has 0 aromatic heterocycles. The van der Waals surface area contributed by atoms with Crippen LogP contribution in [0.2, 0.25) is 0 Å². The Morgan fingerprint density at radius 1 is 1.06 bits per heavy atom. The lowest BCUT2D eigenvalue weighted by molar-refractivity contribution is 0.442. The first-order chi connectivity index (χ1) is 8.56. The van der Waals surface area contributed by atoms with Crippen LogP contribution in [0.25, 0.3) is 0 Å². The van der Waals surface area contributed by atoms with E-state index in [0.717, 1.165) is 0 Å². The summed E-state index contributed by atoms with van der Waals surface area (Å²) in [6.45, 7) is 4.24. The van der Waals surface area contributed by atoms with Gasteiger partial charge in [0.2, 0.25) is 0 Å². The summed E-state index contributed by atoms with van der Waals surface area (Å²) >= 11 is 0. The fourth-order valence-electron chi connectivity index (χ4n) is 1.65. The molecule has 0 bridgehead atoms. The zero-order valence-electron chi connectivity index (χ0n) is 10.5. The fraction of sp³-hybridized carbons (Fsp3) is 0.200. The molecule has 2 aromatic rings. The monoisotopic (exact) mass is 245 g/mol. The molecule has 0 amide bonds. The van der Waals surface area contributed by atoms with E-state index in [0.29, 0.717) is 17.4 Å². The lowest BCUT2D eigenvalue weighted by atomic mass is 10.0. The number of anilines is 1. The maximum atomic E-state index is 13.5. The Labute approximate surface area is 106 Å². The zero-order valence-corrected chi connectivity index (χ0v) is 10.5. The Kier molecular flexibility index (Phi) is 3.51. The van der Waals surface area contributed by atoms with Gasteiger partial charge in [-0.3, -0.25) is 0 Å². The molecule has 0 saturated carbocycles. The minimum Gasteiger partial charge on any atom is -0.454 e. The predicted octanol–water partition coefficient (Wildman–Crippen LogP) is 4.32. The van der Waals surface area contributed by atoms with Gasteiger partial charge in [-0.15, -0.1) is 0 Å². The van der Waals surface area contributed by atoms with Crippen LogP contribution < -0.4 is 10.5 Å². The standard InChI is InChI=1S/C15H16FNO/c1-10(2)11-3-6-13(7-4-11)18-15-8-5-12(17)9-14(15)16/h3-10H,17H2,1-2H3. The highest BCUT2D eigenvalue weighted by molar-refractivity contribution is 5.44. The topological polar surface area (TPSA) is 35.2 Å². The molecule has 2 N–H and O–H groups in total. The third-order valence-electron chi connectivity index (χ3n) is 2.73. The molecule has 3 heteroatoms. The second-order valence-electron chi connectivity index (χ2n) is 4.52. The van der Waals surface area contributed by atoms with Crippen LogP contribution >= 0.6 is 0 Å². The largest absolute Gasteiger partial charge is 0.454 e. The minimum absolute atomic E-state index is 0.182. The number of nitrogens with two attached hydrogens (primary N) is 1. The number of hydrogen-bond acceptors (Lipinski definition) is 2. The molecule has 2 rings (SSSR count). The van der Waals surface area contributed by atoms with Crippen molar-refractivity contribution in [3.05, 3.63) is 53.8 Å². The van der Waals surface area contributed by atoms with E-state index in [1.165, 1.54) is 17.7 Å². The fourth-order valence-corrected chi connectivity index (χ4v) is 1.65. The first-order valence-corrected chi connectivity index (χ1v) is 5.89. The maximum Gasteiger partial charge on any atom is 0.167 e. The highest BCUT2D eigenvalue weighted by atomic mass is 19.1. The Balaban J connectivity index is 2.18. The average Bonchev–Trinajstić information content (AvgIpc) is 2.33. The molecule has 0 fully saturated rings. The molecule has 94 valence electrons. The molecule has 0 radical (unpaired) electrons. The van der Waals surface area contributed by atoms with Crippen molar-refractivity contribution in [2.24, 2.45) is 0 Å². The summed E-state index contributed by atoms with van der Waals surface area (Å²) in [5.41, 5.74) is 7.09. The van der Waals surface area contributed by atoms with Crippen LogP contribution in [0.5, 0.6) is 11.5 Å². The molecule has 0 aliphatic heterocycles. The van der Waals surface area contributed by atoms with E-state index in [1.807, 2.05) is 24.3 Å². The van der Waals surface area contributed by atoms with Crippen molar-refractivity contribution >= 4 is 5.69 Å². The number of nitrogen functional groups attached to an aromatic ring is 1. The summed E-state index contributed by atoms with van der Waals surface area (Å²) in [6.07, 6.45) is 0. The van der Waals surface area contributed by atoms with Gasteiger partial charge in [0.25, 0.3) is 0 Å². The van der Waals surface area contributed by atoms with E-state index >= 15 is 0 Å². The SMILES string of the molecule is CC(C)c1ccc(Oc2ccc(N)cc2F)cc1. The summed E-state index contributed by atoms with van der Waals surface area (Å²) in [7, 11) is 0. The molecule has 18 heavy (non-hydrogen) atoms. The third-order valence-corrected chi connectivity index (χ3v) is 2.73. The van der Waals surface area contributed by atoms with Crippen LogP contribution in [0.1, 0.15) is 25.3 Å². The highest BCUT2D eigenvalue weighted by Crippen LogP contribution is 2.27. The lowest BCUT2D eigenvalue weighted by Gasteiger charge is -2.09. The van der Waals surface area contributed by atoms with Crippen molar-refractivity contribution in [2.45, 2.75) is 19.8 Å². The minimum atomic E-state index is -0.456. The molecular weight excluding hydrogens is 229 g/mol. The van der Waals surface area contributed by atoms with Crippen molar-refractivity contribution < 1.29 is 9.13 Å². The van der Waals surface area contributed by atoms with Gasteiger partial charge >= 0.3 is 0 Å². The Hall–Kier alpha value is -2.03. The number of benzene rings is 2. The molecule has 0 heterocycles. The van der Waals surface area contributed by atoms with Gasteiger partial charge in [-0.25, -0.2) is 4.39 Å². The summed E-state index contributed by atoms with van der Waals surface area (Å²) in [5.74, 6) is 0.805. The summed E-state index contributed by atoms with van der Waals surface area (Å²) in [4.78, 5) is 0. The number of hydrogen-bond donors (Lipinski definition) is 1. The van der Waals surface area contributed by atoms with Crippen LogP contribution in [0, 0.1) is 5.82 Å². The molecule has 0 aliphatic rings. The maximum absolute atomic E-state index is 13.5. The summed E-state index contributed by atoms with van der Waals surface area (Å²) < 4.78 is 19.0. The Morgan fingerprint density at radius 2 is 1.72 bits per heavy atom. The van der Waals surface area contributed by atoms with E-state index in [2.05, 4.69) is 13.8 Å². The summed E-state index contributed by atoms with van der Waals surface area (Å²) in [5, 5.41) is 0. The highest BCUT2D eigenvalue weighted by Gasteiger charge is 2.05. The average molecular weight is 245 g/mol. The van der Waals surface area contributed by atoms with Crippen LogP contribution in [0.4, 0.5) is 10.1 Å². The van der Waals surface area contributed by atoms with Crippen LogP contribution in [0.3, 0.4) is 0 Å². The van der Waals surface area contributed by atoms with E-state index in [-0.39, 0.29) is 5.75 Å². The quantitative estimate of drug-likeness (QED) is 0.817. The molecule has 0 unspecified atom stereocenters. The van der Waals surface area contributed by atoms with E-state index in [1.54, 1.807) is 6.07 Å². The van der Waals surface area contributed by atoms with Gasteiger partial charge in [0.1, 0.15) is 5.75 Å². The molecule has 2 nitrogen and oxygen atoms in total. The molecular formula is C15H16FNO. The molecule has 0 saturated heterocycles. The number of ether oxygens (including phenoxy) is 1. The summed E-state index contributed by atoms with van der Waals surface area (Å²) in [6, 6.07) is 12.0. The smallest absolute Gasteiger partial charge is 0.167 e. The van der Waals surface area contributed by atoms with Crippen LogP contribution in [-0.4, -0.2) is 0 Å². The van der Waals surface area contributed by atoms with Gasteiger partial charge in [-0.1, -0.05) is 26.0 Å². The van der Waals surface area contributed by atoms with Crippen molar-refractivity contribution in [3.63, 3.8) is 0 Å². The lowest BCUT2D eigenvalue weighted by Crippen LogP contribution is -1.92. The van der Waals surface area contributed by atoms with Gasteiger partial charge in [-0.2, -0.15) is 0 Å². The number of rotatable bonds is 3. The first kappa shape index (κ1) is 12.4. The van der Waals surface area contributed by atoms with Gasteiger partial charge in [0.05, 0.1) is 0 Å². The molecule has 2 aromatic carbocycles. The molecule has 0 atom stereocenters. The van der Waals surface area contributed by atoms with E-state index in [9.17, 15) is 4.39 Å². The predicted molar refractivity (Wildman–Crippen MR) is 71.4 cm³/mol. The van der Waals surface area contributed by atoms with Crippen LogP contribution in [-0.2, 0) is 0 Å². The molecule has 0 aliphatic carbocycles. The molecule has 0 spiro atoms. The van der Waals surface area contributed by atoms with E-state index < -0.39 is 5.82 Å². The third kappa shape index (κ3) is 2.80. The first-order valence-electron chi connectivity index (χ1n) is 5.89. The van der Waals surface area contributed by atoms with Crippen molar-refractivity contribution in [2.75, 3.05) is 5.73 Å². The normalized spacial score (nSPS) is 10.7. The van der Waals surface area contributed by atoms with Crippen molar-refractivity contribution in [1.29, 1.82) is 0 Å². The van der Waals surface area contributed by atoms with Crippen molar-refractivity contribution in [1.82, 2.24) is 0 Å². The second kappa shape index (κ2) is 5.08. The Morgan fingerprint density at radius 3 is 2.28 bits per heavy atom. The number of halogens is 1. The van der Waals surface area contributed by atoms with Crippen molar-refractivity contribution in [3.8, 4) is 11.5 Å². The van der Waals surface area contributed by atoms with Crippen LogP contribution in [0.15, 0.2) is 42.5 Å². The van der Waals surface area contributed by atoms with E-state index in [4.69, 9.17) is 10.5 Å².